The number of methoxy groups -OCH3 is 1. The minimum Gasteiger partial charge on any atom is -0.467 e. The third kappa shape index (κ3) is 7.12. The molecule has 0 fully saturated rings. The van der Waals surface area contributed by atoms with Crippen LogP contribution in [0.25, 0.3) is 0 Å². The van der Waals surface area contributed by atoms with Crippen LogP contribution in [0, 0.1) is 5.92 Å². The van der Waals surface area contributed by atoms with Crippen LogP contribution in [0.4, 0.5) is 0 Å². The van der Waals surface area contributed by atoms with E-state index < -0.39 is 12.0 Å². The van der Waals surface area contributed by atoms with Crippen molar-refractivity contribution in [3.05, 3.63) is 0 Å². The van der Waals surface area contributed by atoms with Crippen molar-refractivity contribution in [1.82, 2.24) is 10.2 Å². The lowest BCUT2D eigenvalue weighted by Crippen LogP contribution is -2.48. The first-order valence-electron chi connectivity index (χ1n) is 6.72. The zero-order valence-corrected chi connectivity index (χ0v) is 12.4. The van der Waals surface area contributed by atoms with Crippen molar-refractivity contribution in [2.75, 3.05) is 33.8 Å². The first-order valence-corrected chi connectivity index (χ1v) is 6.72. The maximum Gasteiger partial charge on any atom is 0.328 e. The predicted octanol–water partition coefficient (Wildman–Crippen LogP) is -0.0291. The molecule has 0 radical (unpaired) electrons. The summed E-state index contributed by atoms with van der Waals surface area (Å²) in [5.41, 5.74) is 5.42. The molecule has 19 heavy (non-hydrogen) atoms. The van der Waals surface area contributed by atoms with Crippen LogP contribution in [-0.4, -0.2) is 56.6 Å². The lowest BCUT2D eigenvalue weighted by molar-refractivity contribution is -0.146. The zero-order chi connectivity index (χ0) is 14.8. The maximum atomic E-state index is 11.9. The molecular weight excluding hydrogens is 246 g/mol. The third-order valence-corrected chi connectivity index (χ3v) is 3.14. The van der Waals surface area contributed by atoms with Crippen molar-refractivity contribution in [3.8, 4) is 0 Å². The Morgan fingerprint density at radius 3 is 2.53 bits per heavy atom. The molecule has 6 heteroatoms. The molecule has 112 valence electrons. The van der Waals surface area contributed by atoms with Crippen molar-refractivity contribution in [3.63, 3.8) is 0 Å². The quantitative estimate of drug-likeness (QED) is 0.576. The molecule has 0 aliphatic rings. The lowest BCUT2D eigenvalue weighted by atomic mass is 9.99. The van der Waals surface area contributed by atoms with E-state index in [1.807, 2.05) is 25.8 Å². The van der Waals surface area contributed by atoms with Gasteiger partial charge in [0.2, 0.25) is 5.91 Å². The minimum atomic E-state index is -0.578. The van der Waals surface area contributed by atoms with E-state index in [-0.39, 0.29) is 18.4 Å². The van der Waals surface area contributed by atoms with Gasteiger partial charge >= 0.3 is 5.97 Å². The van der Waals surface area contributed by atoms with E-state index >= 15 is 0 Å². The molecule has 6 nitrogen and oxygen atoms in total. The third-order valence-electron chi connectivity index (χ3n) is 3.14. The molecule has 2 atom stereocenters. The van der Waals surface area contributed by atoms with E-state index in [1.165, 1.54) is 7.11 Å². The number of carbonyl (C=O) groups is 2. The molecule has 0 saturated heterocycles. The van der Waals surface area contributed by atoms with Crippen LogP contribution >= 0.6 is 0 Å². The van der Waals surface area contributed by atoms with E-state index in [0.717, 1.165) is 19.4 Å². The minimum absolute atomic E-state index is 0.0470. The van der Waals surface area contributed by atoms with Crippen molar-refractivity contribution in [2.45, 2.75) is 32.7 Å². The summed E-state index contributed by atoms with van der Waals surface area (Å²) in [6.07, 6.45) is 1.64. The largest absolute Gasteiger partial charge is 0.467 e. The molecule has 0 heterocycles. The first-order chi connectivity index (χ1) is 8.96. The molecular formula is C13H27N3O3. The highest BCUT2D eigenvalue weighted by molar-refractivity contribution is 5.85. The number of hydrogen-bond donors (Lipinski definition) is 2. The molecule has 0 aromatic carbocycles. The van der Waals surface area contributed by atoms with Crippen LogP contribution in [0.15, 0.2) is 0 Å². The molecule has 0 aliphatic heterocycles. The van der Waals surface area contributed by atoms with E-state index in [4.69, 9.17) is 10.5 Å². The molecule has 0 saturated carbocycles. The topological polar surface area (TPSA) is 84.7 Å². The zero-order valence-electron chi connectivity index (χ0n) is 12.4. The molecule has 0 aromatic rings. The van der Waals surface area contributed by atoms with Crippen LogP contribution in [0.2, 0.25) is 0 Å². The number of hydrogen-bond acceptors (Lipinski definition) is 5. The van der Waals surface area contributed by atoms with Gasteiger partial charge in [0, 0.05) is 0 Å². The summed E-state index contributed by atoms with van der Waals surface area (Å²) in [4.78, 5) is 25.4. The summed E-state index contributed by atoms with van der Waals surface area (Å²) in [5, 5.41) is 2.74. The maximum absolute atomic E-state index is 11.9. The highest BCUT2D eigenvalue weighted by Crippen LogP contribution is 2.09. The standard InChI is InChI=1S/C13H27N3O3/c1-5-10(2)12(13(18)19-4)15-11(17)9-16(3)8-6-7-14/h10,12H,5-9,14H2,1-4H3,(H,15,17). The monoisotopic (exact) mass is 273 g/mol. The van der Waals surface area contributed by atoms with Gasteiger partial charge in [-0.3, -0.25) is 9.69 Å². The summed E-state index contributed by atoms with van der Waals surface area (Å²) in [6, 6.07) is -0.578. The average Bonchev–Trinajstić information content (AvgIpc) is 2.40. The van der Waals surface area contributed by atoms with Gasteiger partial charge in [0.1, 0.15) is 6.04 Å². The van der Waals surface area contributed by atoms with Crippen LogP contribution in [0.1, 0.15) is 26.7 Å². The summed E-state index contributed by atoms with van der Waals surface area (Å²) in [6.45, 7) is 5.50. The Balaban J connectivity index is 4.34. The summed E-state index contributed by atoms with van der Waals surface area (Å²) in [7, 11) is 3.18. The second kappa shape index (κ2) is 9.75. The van der Waals surface area contributed by atoms with Gasteiger partial charge in [-0.05, 0) is 32.5 Å². The fourth-order valence-electron chi connectivity index (χ4n) is 1.70. The number of amides is 1. The van der Waals surface area contributed by atoms with Crippen molar-refractivity contribution < 1.29 is 14.3 Å². The Morgan fingerprint density at radius 1 is 1.42 bits per heavy atom. The summed E-state index contributed by atoms with van der Waals surface area (Å²) >= 11 is 0. The number of nitrogens with zero attached hydrogens (tertiary/aromatic N) is 1. The number of carbonyl (C=O) groups excluding carboxylic acids is 2. The Hall–Kier alpha value is -1.14. The Labute approximate surface area is 115 Å². The summed E-state index contributed by atoms with van der Waals surface area (Å²) < 4.78 is 4.72. The Kier molecular flexibility index (Phi) is 9.16. The number of nitrogens with two attached hydrogens (primary N) is 1. The van der Waals surface area contributed by atoms with Gasteiger partial charge in [0.15, 0.2) is 0 Å². The molecule has 0 spiro atoms. The molecule has 0 rings (SSSR count). The Bertz CT molecular complexity index is 284. The fraction of sp³-hybridized carbons (Fsp3) is 0.846. The van der Waals surface area contributed by atoms with Gasteiger partial charge in [-0.25, -0.2) is 4.79 Å². The van der Waals surface area contributed by atoms with Crippen LogP contribution < -0.4 is 11.1 Å². The van der Waals surface area contributed by atoms with Gasteiger partial charge in [-0.2, -0.15) is 0 Å². The lowest BCUT2D eigenvalue weighted by Gasteiger charge is -2.23. The number of rotatable bonds is 9. The normalized spacial score (nSPS) is 14.0. The molecule has 0 aliphatic carbocycles. The second-order valence-corrected chi connectivity index (χ2v) is 4.83. The smallest absolute Gasteiger partial charge is 0.328 e. The van der Waals surface area contributed by atoms with Gasteiger partial charge in [-0.1, -0.05) is 20.3 Å². The number of likely N-dealkylation sites (N-methyl/N-ethyl adjacent to an activating group) is 1. The van der Waals surface area contributed by atoms with Crippen LogP contribution in [0.3, 0.4) is 0 Å². The van der Waals surface area contributed by atoms with E-state index in [1.54, 1.807) is 0 Å². The molecule has 2 unspecified atom stereocenters. The van der Waals surface area contributed by atoms with E-state index in [9.17, 15) is 9.59 Å². The van der Waals surface area contributed by atoms with Gasteiger partial charge in [-0.15, -0.1) is 0 Å². The predicted molar refractivity (Wildman–Crippen MR) is 74.6 cm³/mol. The van der Waals surface area contributed by atoms with Gasteiger partial charge in [0.05, 0.1) is 13.7 Å². The molecule has 0 aromatic heterocycles. The molecule has 0 bridgehead atoms. The molecule has 1 amide bonds. The van der Waals surface area contributed by atoms with E-state index in [2.05, 4.69) is 5.32 Å². The highest BCUT2D eigenvalue weighted by Gasteiger charge is 2.26. The second-order valence-electron chi connectivity index (χ2n) is 4.83. The highest BCUT2D eigenvalue weighted by atomic mass is 16.5. The number of ether oxygens (including phenoxy) is 1. The van der Waals surface area contributed by atoms with Crippen LogP contribution in [-0.2, 0) is 14.3 Å². The fourth-order valence-corrected chi connectivity index (χ4v) is 1.70. The van der Waals surface area contributed by atoms with Crippen molar-refractivity contribution in [1.29, 1.82) is 0 Å². The number of nitrogens with one attached hydrogen (secondary N) is 1. The number of esters is 1. The van der Waals surface area contributed by atoms with E-state index in [0.29, 0.717) is 6.54 Å². The van der Waals surface area contributed by atoms with Crippen molar-refractivity contribution >= 4 is 11.9 Å². The summed E-state index contributed by atoms with van der Waals surface area (Å²) in [5.74, 6) is -0.520. The van der Waals surface area contributed by atoms with Crippen LogP contribution in [0.5, 0.6) is 0 Å². The molecule has 3 N–H and O–H groups in total. The van der Waals surface area contributed by atoms with Gasteiger partial charge < -0.3 is 15.8 Å². The van der Waals surface area contributed by atoms with Crippen molar-refractivity contribution in [2.24, 2.45) is 11.7 Å². The average molecular weight is 273 g/mol. The van der Waals surface area contributed by atoms with Gasteiger partial charge in [0.25, 0.3) is 0 Å². The Morgan fingerprint density at radius 2 is 2.05 bits per heavy atom. The first kappa shape index (κ1) is 17.9. The SMILES string of the molecule is CCC(C)C(NC(=O)CN(C)CCCN)C(=O)OC.